The van der Waals surface area contributed by atoms with E-state index in [2.05, 4.69) is 20.5 Å². The first-order valence-corrected chi connectivity index (χ1v) is 6.76. The summed E-state index contributed by atoms with van der Waals surface area (Å²) in [5.41, 5.74) is 2.12. The number of hydrogen-bond donors (Lipinski definition) is 2. The summed E-state index contributed by atoms with van der Waals surface area (Å²) in [5, 5.41) is 9.62. The van der Waals surface area contributed by atoms with Crippen LogP contribution in [0, 0.1) is 6.92 Å². The zero-order valence-corrected chi connectivity index (χ0v) is 12.1. The molecular formula is C15H16N4O2. The molecule has 3 rings (SSSR count). The van der Waals surface area contributed by atoms with Gasteiger partial charge in [-0.05, 0) is 45.0 Å². The van der Waals surface area contributed by atoms with Gasteiger partial charge in [-0.2, -0.15) is 5.10 Å². The quantitative estimate of drug-likeness (QED) is 0.848. The molecule has 21 heavy (non-hydrogen) atoms. The fourth-order valence-electron chi connectivity index (χ4n) is 2.21. The Morgan fingerprint density at radius 1 is 1.33 bits per heavy atom. The Labute approximate surface area is 122 Å². The first-order valence-electron chi connectivity index (χ1n) is 6.76. The molecule has 0 saturated carbocycles. The molecule has 6 nitrogen and oxygen atoms in total. The smallest absolute Gasteiger partial charge is 0.256 e. The summed E-state index contributed by atoms with van der Waals surface area (Å²) in [6, 6.07) is 5.55. The van der Waals surface area contributed by atoms with Gasteiger partial charge in [-0.25, -0.2) is 4.98 Å². The third-order valence-corrected chi connectivity index (χ3v) is 3.03. The van der Waals surface area contributed by atoms with Gasteiger partial charge in [0.2, 0.25) is 0 Å². The van der Waals surface area contributed by atoms with Crippen molar-refractivity contribution in [1.29, 1.82) is 0 Å². The van der Waals surface area contributed by atoms with E-state index >= 15 is 0 Å². The number of amides is 1. The zero-order valence-electron chi connectivity index (χ0n) is 12.1. The Morgan fingerprint density at radius 3 is 2.81 bits per heavy atom. The molecule has 2 N–H and O–H groups in total. The Morgan fingerprint density at radius 2 is 2.14 bits per heavy atom. The highest BCUT2D eigenvalue weighted by molar-refractivity contribution is 6.34. The number of rotatable bonds is 3. The number of carbonyl (C=O) groups excluding carboxylic acids is 1. The van der Waals surface area contributed by atoms with Gasteiger partial charge < -0.3 is 10.1 Å². The van der Waals surface area contributed by atoms with E-state index < -0.39 is 0 Å². The van der Waals surface area contributed by atoms with Gasteiger partial charge in [0.15, 0.2) is 5.82 Å². The monoisotopic (exact) mass is 284 g/mol. The van der Waals surface area contributed by atoms with Gasteiger partial charge in [-0.3, -0.25) is 9.89 Å². The van der Waals surface area contributed by atoms with Crippen LogP contribution in [0.25, 0.3) is 11.6 Å². The van der Waals surface area contributed by atoms with Crippen LogP contribution >= 0.6 is 0 Å². The van der Waals surface area contributed by atoms with Crippen LogP contribution in [0.5, 0.6) is 5.75 Å². The van der Waals surface area contributed by atoms with Crippen molar-refractivity contribution in [2.45, 2.75) is 26.9 Å². The highest BCUT2D eigenvalue weighted by Crippen LogP contribution is 2.35. The van der Waals surface area contributed by atoms with Crippen LogP contribution in [0.3, 0.4) is 0 Å². The molecule has 2 heterocycles. The molecule has 0 spiro atoms. The molecule has 0 fully saturated rings. The molecule has 0 atom stereocenters. The van der Waals surface area contributed by atoms with Gasteiger partial charge in [-0.1, -0.05) is 0 Å². The lowest BCUT2D eigenvalue weighted by Gasteiger charge is -2.10. The highest BCUT2D eigenvalue weighted by atomic mass is 16.5. The summed E-state index contributed by atoms with van der Waals surface area (Å²) in [6.07, 6.45) is 1.75. The normalized spacial score (nSPS) is 15.4. The molecule has 6 heteroatoms. The first-order chi connectivity index (χ1) is 10.0. The zero-order chi connectivity index (χ0) is 15.0. The standard InChI is InChI=1S/C15H16N4O2/c1-8(2)21-10-4-5-13-11(6-10)12(15(20)17-13)7-14-16-9(3)18-19-14/h4-8H,1-3H3,(H,17,20)(H,16,18,19). The lowest BCUT2D eigenvalue weighted by Crippen LogP contribution is -2.05. The molecule has 1 aliphatic rings. The van der Waals surface area contributed by atoms with Crippen molar-refractivity contribution in [3.8, 4) is 5.75 Å². The Bertz CT molecular complexity index is 731. The molecule has 0 unspecified atom stereocenters. The largest absolute Gasteiger partial charge is 0.491 e. The Kier molecular flexibility index (Phi) is 3.21. The summed E-state index contributed by atoms with van der Waals surface area (Å²) in [6.45, 7) is 5.74. The second-order valence-electron chi connectivity index (χ2n) is 5.17. The summed E-state index contributed by atoms with van der Waals surface area (Å²) in [5.74, 6) is 1.77. The van der Waals surface area contributed by atoms with Crippen molar-refractivity contribution >= 4 is 23.2 Å². The maximum Gasteiger partial charge on any atom is 0.256 e. The molecule has 0 saturated heterocycles. The summed E-state index contributed by atoms with van der Waals surface area (Å²) < 4.78 is 5.67. The number of ether oxygens (including phenoxy) is 1. The predicted octanol–water partition coefficient (Wildman–Crippen LogP) is 2.39. The number of anilines is 1. The average molecular weight is 284 g/mol. The van der Waals surface area contributed by atoms with Gasteiger partial charge in [0.05, 0.1) is 11.7 Å². The minimum absolute atomic E-state index is 0.0798. The minimum Gasteiger partial charge on any atom is -0.491 e. The van der Waals surface area contributed by atoms with Crippen LogP contribution in [-0.2, 0) is 4.79 Å². The van der Waals surface area contributed by atoms with E-state index in [0.717, 1.165) is 17.0 Å². The second kappa shape index (κ2) is 5.05. The molecule has 1 aliphatic heterocycles. The van der Waals surface area contributed by atoms with Gasteiger partial charge in [0, 0.05) is 11.3 Å². The third-order valence-electron chi connectivity index (χ3n) is 3.03. The van der Waals surface area contributed by atoms with Gasteiger partial charge in [-0.15, -0.1) is 0 Å². The maximum absolute atomic E-state index is 12.1. The molecule has 1 amide bonds. The SMILES string of the molecule is Cc1nc(C=C2C(=O)Nc3ccc(OC(C)C)cc32)n[nH]1. The number of fused-ring (bicyclic) bond motifs is 1. The molecule has 1 aromatic heterocycles. The number of aromatic amines is 1. The van der Waals surface area contributed by atoms with Crippen molar-refractivity contribution in [2.24, 2.45) is 0 Å². The van der Waals surface area contributed by atoms with E-state index in [4.69, 9.17) is 4.74 Å². The van der Waals surface area contributed by atoms with Crippen LogP contribution in [0.15, 0.2) is 18.2 Å². The summed E-state index contributed by atoms with van der Waals surface area (Å²) in [7, 11) is 0. The van der Waals surface area contributed by atoms with Crippen molar-refractivity contribution in [3.05, 3.63) is 35.4 Å². The number of nitrogens with one attached hydrogen (secondary N) is 2. The van der Waals surface area contributed by atoms with Crippen molar-refractivity contribution in [3.63, 3.8) is 0 Å². The summed E-state index contributed by atoms with van der Waals surface area (Å²) in [4.78, 5) is 16.3. The average Bonchev–Trinajstić information content (AvgIpc) is 2.95. The second-order valence-corrected chi connectivity index (χ2v) is 5.17. The van der Waals surface area contributed by atoms with Crippen molar-refractivity contribution in [2.75, 3.05) is 5.32 Å². The fourth-order valence-corrected chi connectivity index (χ4v) is 2.21. The molecule has 2 aromatic rings. The number of benzene rings is 1. The van der Waals surface area contributed by atoms with E-state index in [-0.39, 0.29) is 12.0 Å². The number of hydrogen-bond acceptors (Lipinski definition) is 4. The van der Waals surface area contributed by atoms with Gasteiger partial charge >= 0.3 is 0 Å². The minimum atomic E-state index is -0.158. The Balaban J connectivity index is 2.01. The highest BCUT2D eigenvalue weighted by Gasteiger charge is 2.25. The van der Waals surface area contributed by atoms with Gasteiger partial charge in [0.25, 0.3) is 5.91 Å². The lowest BCUT2D eigenvalue weighted by molar-refractivity contribution is -0.110. The van der Waals surface area contributed by atoms with Crippen LogP contribution < -0.4 is 10.1 Å². The van der Waals surface area contributed by atoms with Crippen LogP contribution in [0.2, 0.25) is 0 Å². The lowest BCUT2D eigenvalue weighted by atomic mass is 10.1. The molecule has 0 aliphatic carbocycles. The number of H-pyrrole nitrogens is 1. The number of nitrogens with zero attached hydrogens (tertiary/aromatic N) is 2. The van der Waals surface area contributed by atoms with E-state index in [9.17, 15) is 4.79 Å². The number of aryl methyl sites for hydroxylation is 1. The maximum atomic E-state index is 12.1. The molecule has 0 bridgehead atoms. The third kappa shape index (κ3) is 2.65. The van der Waals surface area contributed by atoms with Crippen molar-refractivity contribution in [1.82, 2.24) is 15.2 Å². The molecule has 1 aromatic carbocycles. The Hall–Kier alpha value is -2.63. The fraction of sp³-hybridized carbons (Fsp3) is 0.267. The molecular weight excluding hydrogens is 268 g/mol. The van der Waals surface area contributed by atoms with E-state index in [0.29, 0.717) is 17.2 Å². The van der Waals surface area contributed by atoms with E-state index in [1.165, 1.54) is 0 Å². The molecule has 108 valence electrons. The number of carbonyl (C=O) groups is 1. The van der Waals surface area contributed by atoms with Crippen LogP contribution in [0.1, 0.15) is 31.1 Å². The van der Waals surface area contributed by atoms with Gasteiger partial charge in [0.1, 0.15) is 11.6 Å². The van der Waals surface area contributed by atoms with Crippen LogP contribution in [0.4, 0.5) is 5.69 Å². The van der Waals surface area contributed by atoms with E-state index in [1.54, 1.807) is 6.08 Å². The summed E-state index contributed by atoms with van der Waals surface area (Å²) >= 11 is 0. The predicted molar refractivity (Wildman–Crippen MR) is 79.8 cm³/mol. The van der Waals surface area contributed by atoms with E-state index in [1.807, 2.05) is 39.0 Å². The molecule has 0 radical (unpaired) electrons. The first kappa shape index (κ1) is 13.4. The van der Waals surface area contributed by atoms with Crippen molar-refractivity contribution < 1.29 is 9.53 Å². The van der Waals surface area contributed by atoms with Crippen LogP contribution in [-0.4, -0.2) is 27.2 Å². The topological polar surface area (TPSA) is 79.9 Å². The number of aromatic nitrogens is 3.